The predicted octanol–water partition coefficient (Wildman–Crippen LogP) is 5.71. The molecule has 2 fully saturated rings. The summed E-state index contributed by atoms with van der Waals surface area (Å²) in [7, 11) is 0. The molecule has 0 bridgehead atoms. The molecule has 230 valence electrons. The molecule has 2 aromatic rings. The van der Waals surface area contributed by atoms with E-state index in [1.807, 2.05) is 25.7 Å². The molecular weight excluding hydrogens is 584 g/mol. The van der Waals surface area contributed by atoms with Crippen LogP contribution in [0.3, 0.4) is 0 Å². The molecule has 2 amide bonds. The van der Waals surface area contributed by atoms with E-state index in [0.29, 0.717) is 31.1 Å². The van der Waals surface area contributed by atoms with Crippen molar-refractivity contribution in [1.82, 2.24) is 25.0 Å². The molecule has 1 aromatic heterocycles. The van der Waals surface area contributed by atoms with Gasteiger partial charge in [-0.1, -0.05) is 16.7 Å². The van der Waals surface area contributed by atoms with Crippen LogP contribution in [0, 0.1) is 11.2 Å². The molecule has 0 aliphatic carbocycles. The SMILES string of the molecule is CC(C)N(CC(F)(F)F)C(=O)c1cc(F)ccc1Oc1nnc(Cl)c(N2CC3(CCN(C(=O)OC(C)(C)C)CC3)C2)n1. The van der Waals surface area contributed by atoms with Crippen molar-refractivity contribution in [1.29, 1.82) is 0 Å². The molecule has 0 N–H and O–H groups in total. The van der Waals surface area contributed by atoms with Crippen LogP contribution in [0.5, 0.6) is 11.8 Å². The number of aromatic nitrogens is 3. The first kappa shape index (κ1) is 31.5. The first-order valence-corrected chi connectivity index (χ1v) is 13.8. The summed E-state index contributed by atoms with van der Waals surface area (Å²) in [5.74, 6) is -1.86. The molecule has 2 aliphatic rings. The Morgan fingerprint density at radius 1 is 1.12 bits per heavy atom. The third-order valence-corrected chi connectivity index (χ3v) is 7.29. The Hall–Kier alpha value is -3.42. The van der Waals surface area contributed by atoms with Gasteiger partial charge in [0.05, 0.1) is 5.56 Å². The number of carbonyl (C=O) groups excluding carboxylic acids is 2. The molecule has 0 atom stereocenters. The van der Waals surface area contributed by atoms with Gasteiger partial charge in [0.25, 0.3) is 5.91 Å². The van der Waals surface area contributed by atoms with Crippen molar-refractivity contribution in [2.75, 3.05) is 37.6 Å². The summed E-state index contributed by atoms with van der Waals surface area (Å²) in [5.41, 5.74) is -1.05. The van der Waals surface area contributed by atoms with Crippen LogP contribution in [-0.4, -0.2) is 87.5 Å². The lowest BCUT2D eigenvalue weighted by atomic mass is 9.72. The smallest absolute Gasteiger partial charge is 0.410 e. The number of amides is 2. The zero-order valence-electron chi connectivity index (χ0n) is 24.0. The summed E-state index contributed by atoms with van der Waals surface area (Å²) < 4.78 is 64.6. The van der Waals surface area contributed by atoms with Gasteiger partial charge in [-0.25, -0.2) is 9.18 Å². The average molecular weight is 617 g/mol. The van der Waals surface area contributed by atoms with E-state index in [1.54, 1.807) is 4.90 Å². The van der Waals surface area contributed by atoms with Crippen molar-refractivity contribution in [3.8, 4) is 11.8 Å². The summed E-state index contributed by atoms with van der Waals surface area (Å²) in [6, 6.07) is 1.77. The molecule has 2 aliphatic heterocycles. The fourth-order valence-electron chi connectivity index (χ4n) is 4.95. The Morgan fingerprint density at radius 3 is 2.33 bits per heavy atom. The third kappa shape index (κ3) is 7.50. The normalized spacial score (nSPS) is 16.8. The van der Waals surface area contributed by atoms with Gasteiger partial charge in [-0.05, 0) is 65.7 Å². The van der Waals surface area contributed by atoms with Gasteiger partial charge in [-0.3, -0.25) is 4.79 Å². The highest BCUT2D eigenvalue weighted by molar-refractivity contribution is 6.31. The summed E-state index contributed by atoms with van der Waals surface area (Å²) in [6.45, 7) is 9.07. The molecule has 15 heteroatoms. The number of piperidine rings is 1. The molecule has 1 aromatic carbocycles. The zero-order valence-corrected chi connectivity index (χ0v) is 24.7. The van der Waals surface area contributed by atoms with Gasteiger partial charge < -0.3 is 24.2 Å². The largest absolute Gasteiger partial charge is 0.444 e. The number of carbonyl (C=O) groups is 2. The number of halogens is 5. The number of nitrogens with zero attached hydrogens (tertiary/aromatic N) is 6. The molecule has 4 rings (SSSR count). The van der Waals surface area contributed by atoms with E-state index >= 15 is 0 Å². The second-order valence-electron chi connectivity index (χ2n) is 11.9. The minimum atomic E-state index is -4.66. The number of ether oxygens (including phenoxy) is 2. The fourth-order valence-corrected chi connectivity index (χ4v) is 5.15. The quantitative estimate of drug-likeness (QED) is 0.381. The lowest BCUT2D eigenvalue weighted by molar-refractivity contribution is -0.143. The highest BCUT2D eigenvalue weighted by Crippen LogP contribution is 2.44. The van der Waals surface area contributed by atoms with Crippen LogP contribution in [0.4, 0.5) is 28.2 Å². The summed E-state index contributed by atoms with van der Waals surface area (Å²) >= 11 is 6.28. The van der Waals surface area contributed by atoms with Gasteiger partial charge in [0.15, 0.2) is 11.0 Å². The average Bonchev–Trinajstić information content (AvgIpc) is 2.86. The minimum absolute atomic E-state index is 0.00922. The number of anilines is 1. The highest BCUT2D eigenvalue weighted by Gasteiger charge is 2.47. The molecule has 0 saturated carbocycles. The minimum Gasteiger partial charge on any atom is -0.444 e. The monoisotopic (exact) mass is 616 g/mol. The molecule has 3 heterocycles. The van der Waals surface area contributed by atoms with E-state index in [9.17, 15) is 27.2 Å². The maximum absolute atomic E-state index is 14.1. The number of benzene rings is 1. The van der Waals surface area contributed by atoms with Gasteiger partial charge in [-0.15, -0.1) is 5.10 Å². The molecular formula is C27H33ClF4N6O4. The fraction of sp³-hybridized carbons (Fsp3) is 0.593. The molecule has 2 saturated heterocycles. The van der Waals surface area contributed by atoms with Crippen molar-refractivity contribution >= 4 is 29.4 Å². The Kier molecular flexibility index (Phi) is 8.77. The van der Waals surface area contributed by atoms with Gasteiger partial charge in [0.2, 0.25) is 0 Å². The van der Waals surface area contributed by atoms with Crippen molar-refractivity contribution < 1.29 is 36.6 Å². The van der Waals surface area contributed by atoms with Gasteiger partial charge in [0.1, 0.15) is 23.7 Å². The van der Waals surface area contributed by atoms with Crippen LogP contribution in [-0.2, 0) is 4.74 Å². The van der Waals surface area contributed by atoms with Gasteiger partial charge in [0, 0.05) is 37.6 Å². The molecule has 1 spiro atoms. The van der Waals surface area contributed by atoms with Crippen LogP contribution >= 0.6 is 11.6 Å². The van der Waals surface area contributed by atoms with Crippen LogP contribution < -0.4 is 9.64 Å². The van der Waals surface area contributed by atoms with Crippen LogP contribution in [0.25, 0.3) is 0 Å². The zero-order chi connectivity index (χ0) is 31.0. The van der Waals surface area contributed by atoms with E-state index in [-0.39, 0.29) is 34.2 Å². The second kappa shape index (κ2) is 11.7. The lowest BCUT2D eigenvalue weighted by Gasteiger charge is -2.54. The van der Waals surface area contributed by atoms with Crippen molar-refractivity contribution in [3.05, 3.63) is 34.7 Å². The summed E-state index contributed by atoms with van der Waals surface area (Å²) in [6.07, 6.45) is -3.49. The Morgan fingerprint density at radius 2 is 1.76 bits per heavy atom. The van der Waals surface area contributed by atoms with Crippen molar-refractivity contribution in [2.45, 2.75) is 65.3 Å². The number of hydrogen-bond donors (Lipinski definition) is 0. The highest BCUT2D eigenvalue weighted by atomic mass is 35.5. The standard InChI is InChI=1S/C27H33ClF4N6O4/c1-16(2)38(15-27(30,31)32)22(39)18-12-17(29)6-7-19(18)41-23-33-21(20(28)34-35-23)37-13-26(14-37)8-10-36(11-9-26)24(40)42-25(3,4)5/h6-7,12,16H,8-11,13-15H2,1-5H3. The number of rotatable bonds is 6. The third-order valence-electron chi connectivity index (χ3n) is 7.04. The lowest BCUT2D eigenvalue weighted by Crippen LogP contribution is -2.61. The molecule has 10 nitrogen and oxygen atoms in total. The Labute approximate surface area is 245 Å². The van der Waals surface area contributed by atoms with Gasteiger partial charge >= 0.3 is 18.3 Å². The van der Waals surface area contributed by atoms with E-state index < -0.39 is 41.7 Å². The van der Waals surface area contributed by atoms with E-state index in [1.165, 1.54) is 13.8 Å². The maximum Gasteiger partial charge on any atom is 0.410 e. The van der Waals surface area contributed by atoms with Gasteiger partial charge in [-0.2, -0.15) is 18.2 Å². The molecule has 0 radical (unpaired) electrons. The topological polar surface area (TPSA) is 101 Å². The second-order valence-corrected chi connectivity index (χ2v) is 12.3. The number of alkyl halides is 3. The predicted molar refractivity (Wildman–Crippen MR) is 145 cm³/mol. The number of hydrogen-bond acceptors (Lipinski definition) is 8. The molecule has 0 unspecified atom stereocenters. The Bertz CT molecular complexity index is 1320. The van der Waals surface area contributed by atoms with E-state index in [2.05, 4.69) is 15.2 Å². The summed E-state index contributed by atoms with van der Waals surface area (Å²) in [4.78, 5) is 34.0. The van der Waals surface area contributed by atoms with Crippen molar-refractivity contribution in [2.24, 2.45) is 5.41 Å². The van der Waals surface area contributed by atoms with E-state index in [4.69, 9.17) is 21.1 Å². The van der Waals surface area contributed by atoms with E-state index in [0.717, 1.165) is 31.0 Å². The van der Waals surface area contributed by atoms with Crippen LogP contribution in [0.1, 0.15) is 57.8 Å². The number of likely N-dealkylation sites (tertiary alicyclic amines) is 1. The summed E-state index contributed by atoms with van der Waals surface area (Å²) in [5, 5.41) is 7.69. The molecule has 42 heavy (non-hydrogen) atoms. The first-order valence-electron chi connectivity index (χ1n) is 13.4. The first-order chi connectivity index (χ1) is 19.5. The van der Waals surface area contributed by atoms with Crippen molar-refractivity contribution in [3.63, 3.8) is 0 Å². The van der Waals surface area contributed by atoms with Crippen LogP contribution in [0.2, 0.25) is 5.15 Å². The maximum atomic E-state index is 14.1. The Balaban J connectivity index is 1.46. The van der Waals surface area contributed by atoms with Crippen LogP contribution in [0.15, 0.2) is 18.2 Å².